The fourth-order valence-corrected chi connectivity index (χ4v) is 6.05. The summed E-state index contributed by atoms with van der Waals surface area (Å²) in [6, 6.07) is 10.6. The minimum absolute atomic E-state index is 0.0691. The van der Waals surface area contributed by atoms with E-state index in [1.807, 2.05) is 50.2 Å². The SMILES string of the molecule is COC(=O)[C@H](Cc1ccccc1)NC(=O)[C@H](NC(=O)[C@H]1C[C@H]2C[C@H]2N1C(=O)Cc1ccc(Cl)s1)C(C)C. The van der Waals surface area contributed by atoms with E-state index in [-0.39, 0.29) is 36.6 Å². The van der Waals surface area contributed by atoms with E-state index < -0.39 is 30.0 Å². The highest BCUT2D eigenvalue weighted by Crippen LogP contribution is 2.48. The van der Waals surface area contributed by atoms with Crippen LogP contribution in [-0.4, -0.2) is 59.9 Å². The third-order valence-electron chi connectivity index (χ3n) is 6.98. The maximum Gasteiger partial charge on any atom is 0.328 e. The number of piperidine rings is 1. The molecule has 4 rings (SSSR count). The fraction of sp³-hybridized carbons (Fsp3) is 0.481. The number of likely N-dealkylation sites (tertiary alicyclic amines) is 1. The van der Waals surface area contributed by atoms with Gasteiger partial charge in [0.1, 0.15) is 18.1 Å². The number of carbonyl (C=O) groups excluding carboxylic acids is 4. The van der Waals surface area contributed by atoms with Gasteiger partial charge in [0.2, 0.25) is 17.7 Å². The molecule has 1 saturated heterocycles. The van der Waals surface area contributed by atoms with Crippen LogP contribution < -0.4 is 10.6 Å². The number of nitrogens with one attached hydrogen (secondary N) is 2. The monoisotopic (exact) mass is 545 g/mol. The summed E-state index contributed by atoms with van der Waals surface area (Å²) < 4.78 is 5.52. The number of esters is 1. The molecule has 2 aliphatic rings. The second-order valence-corrected chi connectivity index (χ2v) is 11.8. The van der Waals surface area contributed by atoms with Crippen LogP contribution in [0.2, 0.25) is 4.34 Å². The van der Waals surface area contributed by atoms with Crippen LogP contribution in [0.4, 0.5) is 0 Å². The Morgan fingerprint density at radius 3 is 2.43 bits per heavy atom. The van der Waals surface area contributed by atoms with E-state index in [4.69, 9.17) is 16.3 Å². The first-order valence-corrected chi connectivity index (χ1v) is 13.6. The van der Waals surface area contributed by atoms with Crippen LogP contribution in [-0.2, 0) is 36.8 Å². The van der Waals surface area contributed by atoms with Crippen LogP contribution >= 0.6 is 22.9 Å². The Morgan fingerprint density at radius 2 is 1.81 bits per heavy atom. The minimum Gasteiger partial charge on any atom is -0.467 e. The Bertz CT molecular complexity index is 1150. The second-order valence-electron chi connectivity index (χ2n) is 10.0. The van der Waals surface area contributed by atoms with Gasteiger partial charge >= 0.3 is 5.97 Å². The number of nitrogens with zero attached hydrogens (tertiary/aromatic N) is 1. The fourth-order valence-electron chi connectivity index (χ4n) is 4.97. The Hall–Kier alpha value is -2.91. The van der Waals surface area contributed by atoms with Crippen molar-refractivity contribution >= 4 is 46.6 Å². The van der Waals surface area contributed by atoms with Gasteiger partial charge in [-0.05, 0) is 42.4 Å². The molecule has 1 saturated carbocycles. The van der Waals surface area contributed by atoms with E-state index in [1.54, 1.807) is 11.0 Å². The molecule has 0 spiro atoms. The highest BCUT2D eigenvalue weighted by atomic mass is 35.5. The normalized spacial score (nSPS) is 21.6. The van der Waals surface area contributed by atoms with Gasteiger partial charge in [-0.15, -0.1) is 11.3 Å². The molecule has 2 N–H and O–H groups in total. The van der Waals surface area contributed by atoms with E-state index in [0.717, 1.165) is 16.9 Å². The summed E-state index contributed by atoms with van der Waals surface area (Å²) in [4.78, 5) is 54.7. The molecule has 1 aliphatic carbocycles. The zero-order valence-corrected chi connectivity index (χ0v) is 22.7. The van der Waals surface area contributed by atoms with Gasteiger partial charge in [0.15, 0.2) is 0 Å². The molecule has 1 aromatic carbocycles. The molecule has 0 unspecified atom stereocenters. The van der Waals surface area contributed by atoms with E-state index in [9.17, 15) is 19.2 Å². The Kier molecular flexibility index (Phi) is 8.54. The first-order valence-electron chi connectivity index (χ1n) is 12.5. The molecule has 10 heteroatoms. The highest BCUT2D eigenvalue weighted by Gasteiger charge is 2.56. The molecule has 8 nitrogen and oxygen atoms in total. The molecule has 37 heavy (non-hydrogen) atoms. The summed E-state index contributed by atoms with van der Waals surface area (Å²) in [6.07, 6.45) is 1.94. The number of hydrogen-bond acceptors (Lipinski definition) is 6. The van der Waals surface area contributed by atoms with Crippen LogP contribution in [0, 0.1) is 11.8 Å². The van der Waals surface area contributed by atoms with Crippen LogP contribution in [0.5, 0.6) is 0 Å². The van der Waals surface area contributed by atoms with Crippen LogP contribution in [0.15, 0.2) is 42.5 Å². The van der Waals surface area contributed by atoms with Gasteiger partial charge in [0.05, 0.1) is 17.9 Å². The minimum atomic E-state index is -0.895. The number of benzene rings is 1. The average Bonchev–Trinajstić information content (AvgIpc) is 3.33. The van der Waals surface area contributed by atoms with E-state index in [1.165, 1.54) is 18.4 Å². The summed E-state index contributed by atoms with van der Waals surface area (Å²) in [6.45, 7) is 3.65. The summed E-state index contributed by atoms with van der Waals surface area (Å²) in [7, 11) is 1.27. The lowest BCUT2D eigenvalue weighted by Crippen LogP contribution is -2.58. The zero-order valence-electron chi connectivity index (χ0n) is 21.1. The second kappa shape index (κ2) is 11.6. The van der Waals surface area contributed by atoms with Crippen LogP contribution in [0.25, 0.3) is 0 Å². The van der Waals surface area contributed by atoms with Crippen molar-refractivity contribution in [3.05, 3.63) is 57.2 Å². The Balaban J connectivity index is 1.42. The summed E-state index contributed by atoms with van der Waals surface area (Å²) >= 11 is 7.36. The summed E-state index contributed by atoms with van der Waals surface area (Å²) in [5.41, 5.74) is 0.870. The highest BCUT2D eigenvalue weighted by molar-refractivity contribution is 7.16. The van der Waals surface area contributed by atoms with Gasteiger partial charge in [-0.25, -0.2) is 4.79 Å². The standard InChI is InChI=1S/C27H32ClN3O5S/c1-15(2)24(26(34)29-19(27(35)36-3)11-16-7-5-4-6-8-16)30-25(33)21-13-17-12-20(17)31(21)23(32)14-18-9-10-22(28)37-18/h4-10,15,17,19-21,24H,11-14H2,1-3H3,(H,29,34)(H,30,33)/t17-,19+,20-,21-,24-/m1/s1. The molecule has 1 aromatic heterocycles. The van der Waals surface area contributed by atoms with Crippen molar-refractivity contribution in [2.75, 3.05) is 7.11 Å². The quantitative estimate of drug-likeness (QED) is 0.447. The molecule has 0 radical (unpaired) electrons. The number of amides is 3. The van der Waals surface area contributed by atoms with Crippen LogP contribution in [0.1, 0.15) is 37.1 Å². The number of fused-ring (bicyclic) bond motifs is 1. The molecule has 5 atom stereocenters. The summed E-state index contributed by atoms with van der Waals surface area (Å²) in [5, 5.41) is 5.62. The molecule has 2 heterocycles. The average molecular weight is 546 g/mol. The van der Waals surface area contributed by atoms with Gasteiger partial charge in [-0.1, -0.05) is 55.8 Å². The maximum atomic E-state index is 13.4. The number of hydrogen-bond donors (Lipinski definition) is 2. The lowest BCUT2D eigenvalue weighted by atomic mass is 10.0. The van der Waals surface area contributed by atoms with Gasteiger partial charge in [0, 0.05) is 17.3 Å². The van der Waals surface area contributed by atoms with Gasteiger partial charge in [-0.3, -0.25) is 14.4 Å². The third kappa shape index (κ3) is 6.51. The number of methoxy groups -OCH3 is 1. The molecule has 2 aromatic rings. The predicted molar refractivity (Wildman–Crippen MR) is 141 cm³/mol. The van der Waals surface area contributed by atoms with E-state index in [0.29, 0.717) is 16.7 Å². The Labute approximate surface area is 225 Å². The van der Waals surface area contributed by atoms with Crippen molar-refractivity contribution < 1.29 is 23.9 Å². The lowest BCUT2D eigenvalue weighted by molar-refractivity contribution is -0.146. The maximum absolute atomic E-state index is 13.4. The topological polar surface area (TPSA) is 105 Å². The zero-order chi connectivity index (χ0) is 26.7. The lowest BCUT2D eigenvalue weighted by Gasteiger charge is -2.30. The predicted octanol–water partition coefficient (Wildman–Crippen LogP) is 2.97. The van der Waals surface area contributed by atoms with Crippen LogP contribution in [0.3, 0.4) is 0 Å². The van der Waals surface area contributed by atoms with Crippen molar-refractivity contribution in [3.8, 4) is 0 Å². The van der Waals surface area contributed by atoms with E-state index in [2.05, 4.69) is 10.6 Å². The number of rotatable bonds is 10. The smallest absolute Gasteiger partial charge is 0.328 e. The molecule has 2 fully saturated rings. The Morgan fingerprint density at radius 1 is 1.08 bits per heavy atom. The summed E-state index contributed by atoms with van der Waals surface area (Å²) in [5.74, 6) is -1.42. The van der Waals surface area contributed by atoms with Gasteiger partial charge < -0.3 is 20.3 Å². The van der Waals surface area contributed by atoms with Crippen molar-refractivity contribution in [2.45, 2.75) is 63.7 Å². The number of ether oxygens (including phenoxy) is 1. The third-order valence-corrected chi connectivity index (χ3v) is 8.21. The van der Waals surface area contributed by atoms with Crippen molar-refractivity contribution in [1.29, 1.82) is 0 Å². The van der Waals surface area contributed by atoms with Gasteiger partial charge in [0.25, 0.3) is 0 Å². The number of thiophene rings is 1. The molecular formula is C27H32ClN3O5S. The number of halogens is 1. The molecule has 198 valence electrons. The largest absolute Gasteiger partial charge is 0.467 e. The molecular weight excluding hydrogens is 514 g/mol. The molecule has 3 amide bonds. The van der Waals surface area contributed by atoms with Crippen molar-refractivity contribution in [3.63, 3.8) is 0 Å². The molecule has 1 aliphatic heterocycles. The number of carbonyl (C=O) groups is 4. The van der Waals surface area contributed by atoms with Crippen molar-refractivity contribution in [1.82, 2.24) is 15.5 Å². The first-order chi connectivity index (χ1) is 17.7. The van der Waals surface area contributed by atoms with E-state index >= 15 is 0 Å². The first kappa shape index (κ1) is 27.1. The van der Waals surface area contributed by atoms with Crippen molar-refractivity contribution in [2.24, 2.45) is 11.8 Å². The molecule has 0 bridgehead atoms. The van der Waals surface area contributed by atoms with Gasteiger partial charge in [-0.2, -0.15) is 0 Å².